The second-order valence-electron chi connectivity index (χ2n) is 7.28. The minimum atomic E-state index is -0.118. The van der Waals surface area contributed by atoms with Gasteiger partial charge in [0.15, 0.2) is 0 Å². The monoisotopic (exact) mass is 391 g/mol. The van der Waals surface area contributed by atoms with E-state index in [-0.39, 0.29) is 11.8 Å². The van der Waals surface area contributed by atoms with Crippen LogP contribution in [0.4, 0.5) is 16.2 Å². The summed E-state index contributed by atoms with van der Waals surface area (Å²) in [4.78, 5) is 16.6. The van der Waals surface area contributed by atoms with Gasteiger partial charge in [0.25, 0.3) is 0 Å². The molecule has 0 radical (unpaired) electrons. The molecule has 1 aromatic heterocycles. The Labute approximate surface area is 170 Å². The highest BCUT2D eigenvalue weighted by Crippen LogP contribution is 2.27. The second-order valence-corrected chi connectivity index (χ2v) is 7.28. The summed E-state index contributed by atoms with van der Waals surface area (Å²) in [6.45, 7) is 6.52. The molecule has 2 amide bonds. The van der Waals surface area contributed by atoms with Gasteiger partial charge in [0.2, 0.25) is 0 Å². The third kappa shape index (κ3) is 4.03. The van der Waals surface area contributed by atoms with Gasteiger partial charge in [0, 0.05) is 37.6 Å². The van der Waals surface area contributed by atoms with Crippen LogP contribution in [0.3, 0.4) is 0 Å². The quantitative estimate of drug-likeness (QED) is 0.716. The molecular formula is C22H25N5O2. The molecule has 1 fully saturated rings. The van der Waals surface area contributed by atoms with Crippen molar-refractivity contribution < 1.29 is 9.90 Å². The number of piperazine rings is 1. The van der Waals surface area contributed by atoms with Gasteiger partial charge in [-0.05, 0) is 50.2 Å². The Morgan fingerprint density at radius 1 is 1.00 bits per heavy atom. The number of anilines is 2. The predicted molar refractivity (Wildman–Crippen MR) is 114 cm³/mol. The van der Waals surface area contributed by atoms with Crippen LogP contribution in [0.1, 0.15) is 11.4 Å². The van der Waals surface area contributed by atoms with Gasteiger partial charge in [-0.25, -0.2) is 9.48 Å². The Balaban J connectivity index is 1.40. The van der Waals surface area contributed by atoms with E-state index in [2.05, 4.69) is 15.3 Å². The molecule has 4 rings (SSSR count). The lowest BCUT2D eigenvalue weighted by Gasteiger charge is -2.36. The van der Waals surface area contributed by atoms with E-state index in [0.717, 1.165) is 28.5 Å². The largest absolute Gasteiger partial charge is 0.506 e. The van der Waals surface area contributed by atoms with Crippen LogP contribution < -0.4 is 10.2 Å². The van der Waals surface area contributed by atoms with Crippen LogP contribution in [-0.4, -0.2) is 52.0 Å². The summed E-state index contributed by atoms with van der Waals surface area (Å²) in [6, 6.07) is 16.9. The maximum absolute atomic E-state index is 12.7. The average Bonchev–Trinajstić information content (AvgIpc) is 3.07. The van der Waals surface area contributed by atoms with Crippen LogP contribution in [0.5, 0.6) is 5.75 Å². The molecule has 0 saturated carbocycles. The zero-order valence-electron chi connectivity index (χ0n) is 16.7. The number of carbonyl (C=O) groups is 1. The first-order valence-electron chi connectivity index (χ1n) is 9.74. The van der Waals surface area contributed by atoms with Crippen molar-refractivity contribution in [1.82, 2.24) is 14.7 Å². The summed E-state index contributed by atoms with van der Waals surface area (Å²) in [5, 5.41) is 17.5. The van der Waals surface area contributed by atoms with Gasteiger partial charge in [-0.2, -0.15) is 5.10 Å². The van der Waals surface area contributed by atoms with Crippen LogP contribution in [0, 0.1) is 13.8 Å². The van der Waals surface area contributed by atoms with E-state index in [1.54, 1.807) is 11.0 Å². The number of phenolic OH excluding ortho intramolecular Hbond substituents is 1. The molecular weight excluding hydrogens is 366 g/mol. The van der Waals surface area contributed by atoms with Crippen LogP contribution in [-0.2, 0) is 0 Å². The normalized spacial score (nSPS) is 14.1. The Morgan fingerprint density at radius 3 is 2.45 bits per heavy atom. The number of aryl methyl sites for hydroxylation is 2. The van der Waals surface area contributed by atoms with E-state index in [4.69, 9.17) is 0 Å². The van der Waals surface area contributed by atoms with Crippen molar-refractivity contribution in [1.29, 1.82) is 0 Å². The number of rotatable bonds is 3. The second kappa shape index (κ2) is 7.87. The molecule has 7 nitrogen and oxygen atoms in total. The van der Waals surface area contributed by atoms with Crippen molar-refractivity contribution in [2.24, 2.45) is 0 Å². The van der Waals surface area contributed by atoms with Crippen molar-refractivity contribution >= 4 is 17.4 Å². The van der Waals surface area contributed by atoms with Crippen molar-refractivity contribution in [2.45, 2.75) is 13.8 Å². The Hall–Kier alpha value is -3.48. The molecule has 0 aliphatic carbocycles. The molecule has 3 aromatic rings. The van der Waals surface area contributed by atoms with Gasteiger partial charge < -0.3 is 20.2 Å². The van der Waals surface area contributed by atoms with Crippen LogP contribution in [0.25, 0.3) is 5.69 Å². The molecule has 0 bridgehead atoms. The van der Waals surface area contributed by atoms with Crippen LogP contribution >= 0.6 is 0 Å². The molecule has 1 aliphatic heterocycles. The Morgan fingerprint density at radius 2 is 1.76 bits per heavy atom. The first kappa shape index (κ1) is 18.9. The zero-order chi connectivity index (χ0) is 20.4. The van der Waals surface area contributed by atoms with E-state index in [1.165, 1.54) is 0 Å². The van der Waals surface area contributed by atoms with Crippen LogP contribution in [0.15, 0.2) is 54.6 Å². The number of amides is 2. The summed E-state index contributed by atoms with van der Waals surface area (Å²) in [6.07, 6.45) is 0. The number of para-hydroxylation sites is 2. The molecule has 29 heavy (non-hydrogen) atoms. The SMILES string of the molecule is Cc1cc(C)n(-c2cccc(NC(=O)N3CCN(c4ccccc4O)CC3)c2)n1. The summed E-state index contributed by atoms with van der Waals surface area (Å²) in [5.74, 6) is 0.270. The fraction of sp³-hybridized carbons (Fsp3) is 0.273. The molecule has 1 aliphatic rings. The topological polar surface area (TPSA) is 73.6 Å². The fourth-order valence-corrected chi connectivity index (χ4v) is 3.69. The fourth-order valence-electron chi connectivity index (χ4n) is 3.69. The maximum Gasteiger partial charge on any atom is 0.321 e. The number of hydrogen-bond donors (Lipinski definition) is 2. The molecule has 1 saturated heterocycles. The minimum Gasteiger partial charge on any atom is -0.506 e. The molecule has 150 valence electrons. The average molecular weight is 391 g/mol. The molecule has 0 atom stereocenters. The molecule has 2 heterocycles. The van der Waals surface area contributed by atoms with Gasteiger partial charge in [0.1, 0.15) is 5.75 Å². The van der Waals surface area contributed by atoms with Crippen molar-refractivity contribution in [3.63, 3.8) is 0 Å². The Bertz CT molecular complexity index is 1020. The first-order chi connectivity index (χ1) is 14.0. The molecule has 7 heteroatoms. The third-order valence-electron chi connectivity index (χ3n) is 5.14. The van der Waals surface area contributed by atoms with Crippen molar-refractivity contribution in [2.75, 3.05) is 36.4 Å². The predicted octanol–water partition coefficient (Wildman–Crippen LogP) is 3.55. The van der Waals surface area contributed by atoms with E-state index >= 15 is 0 Å². The maximum atomic E-state index is 12.7. The highest BCUT2D eigenvalue weighted by molar-refractivity contribution is 5.89. The van der Waals surface area contributed by atoms with Gasteiger partial charge in [-0.3, -0.25) is 0 Å². The van der Waals surface area contributed by atoms with Crippen molar-refractivity contribution in [3.05, 3.63) is 66.0 Å². The van der Waals surface area contributed by atoms with Gasteiger partial charge >= 0.3 is 6.03 Å². The molecule has 2 N–H and O–H groups in total. The molecule has 0 spiro atoms. The number of benzene rings is 2. The summed E-state index contributed by atoms with van der Waals surface area (Å²) < 4.78 is 1.87. The number of carbonyl (C=O) groups excluding carboxylic acids is 1. The number of urea groups is 1. The van der Waals surface area contributed by atoms with Gasteiger partial charge in [0.05, 0.1) is 17.1 Å². The highest BCUT2D eigenvalue weighted by Gasteiger charge is 2.22. The van der Waals surface area contributed by atoms with E-state index in [9.17, 15) is 9.90 Å². The standard InChI is InChI=1S/C22H25N5O2/c1-16-14-17(2)27(24-16)19-7-5-6-18(15-19)23-22(29)26-12-10-25(11-13-26)20-8-3-4-9-21(20)28/h3-9,14-15,28H,10-13H2,1-2H3,(H,23,29). The lowest BCUT2D eigenvalue weighted by molar-refractivity contribution is 0.208. The number of phenols is 1. The van der Waals surface area contributed by atoms with E-state index in [1.807, 2.05) is 67.1 Å². The van der Waals surface area contributed by atoms with Crippen LogP contribution in [0.2, 0.25) is 0 Å². The number of hydrogen-bond acceptors (Lipinski definition) is 4. The zero-order valence-corrected chi connectivity index (χ0v) is 16.7. The summed E-state index contributed by atoms with van der Waals surface area (Å²) in [7, 11) is 0. The van der Waals surface area contributed by atoms with E-state index in [0.29, 0.717) is 26.2 Å². The lowest BCUT2D eigenvalue weighted by Crippen LogP contribution is -2.50. The number of nitrogens with zero attached hydrogens (tertiary/aromatic N) is 4. The first-order valence-corrected chi connectivity index (χ1v) is 9.74. The highest BCUT2D eigenvalue weighted by atomic mass is 16.3. The smallest absolute Gasteiger partial charge is 0.321 e. The lowest BCUT2D eigenvalue weighted by atomic mass is 10.2. The number of nitrogens with one attached hydrogen (secondary N) is 1. The number of aromatic hydroxyl groups is 1. The summed E-state index contributed by atoms with van der Waals surface area (Å²) in [5.41, 5.74) is 4.47. The number of aromatic nitrogens is 2. The van der Waals surface area contributed by atoms with Gasteiger partial charge in [-0.15, -0.1) is 0 Å². The van der Waals surface area contributed by atoms with Crippen molar-refractivity contribution in [3.8, 4) is 11.4 Å². The third-order valence-corrected chi connectivity index (χ3v) is 5.14. The van der Waals surface area contributed by atoms with E-state index < -0.39 is 0 Å². The minimum absolute atomic E-state index is 0.118. The summed E-state index contributed by atoms with van der Waals surface area (Å²) >= 11 is 0. The van der Waals surface area contributed by atoms with Gasteiger partial charge in [-0.1, -0.05) is 18.2 Å². The molecule has 0 unspecified atom stereocenters. The molecule has 2 aromatic carbocycles. The Kier molecular flexibility index (Phi) is 5.12.